The molecular formula is C19H20BF3O3. The first kappa shape index (κ1) is 18.8. The predicted octanol–water partition coefficient (Wildman–Crippen LogP) is 4.80. The third kappa shape index (κ3) is 3.59. The van der Waals surface area contributed by atoms with Gasteiger partial charge >= 0.3 is 13.3 Å². The van der Waals surface area contributed by atoms with E-state index in [9.17, 15) is 13.2 Å². The summed E-state index contributed by atoms with van der Waals surface area (Å²) in [6.07, 6.45) is -4.56. The van der Waals surface area contributed by atoms with Crippen molar-refractivity contribution in [1.82, 2.24) is 0 Å². The molecular weight excluding hydrogens is 344 g/mol. The Balaban J connectivity index is 1.96. The molecule has 1 fully saturated rings. The van der Waals surface area contributed by atoms with Crippen molar-refractivity contribution < 1.29 is 27.2 Å². The van der Waals surface area contributed by atoms with Crippen LogP contribution in [0.5, 0.6) is 11.5 Å². The van der Waals surface area contributed by atoms with Gasteiger partial charge in [0.1, 0.15) is 11.5 Å². The zero-order valence-electron chi connectivity index (χ0n) is 15.1. The fourth-order valence-corrected chi connectivity index (χ4v) is 2.64. The smallest absolute Gasteiger partial charge is 0.457 e. The molecule has 0 amide bonds. The molecule has 1 aliphatic heterocycles. The lowest BCUT2D eigenvalue weighted by Gasteiger charge is -2.32. The molecule has 2 aromatic carbocycles. The van der Waals surface area contributed by atoms with Gasteiger partial charge < -0.3 is 14.0 Å². The van der Waals surface area contributed by atoms with Crippen molar-refractivity contribution in [2.75, 3.05) is 0 Å². The second kappa shape index (κ2) is 6.32. The summed E-state index contributed by atoms with van der Waals surface area (Å²) in [5, 5.41) is 0. The first-order valence-electron chi connectivity index (χ1n) is 8.29. The quantitative estimate of drug-likeness (QED) is 0.733. The molecule has 138 valence electrons. The van der Waals surface area contributed by atoms with E-state index in [2.05, 4.69) is 0 Å². The molecule has 3 nitrogen and oxygen atoms in total. The largest absolute Gasteiger partial charge is 0.495 e. The van der Waals surface area contributed by atoms with Crippen molar-refractivity contribution in [3.63, 3.8) is 0 Å². The number of hydrogen-bond acceptors (Lipinski definition) is 3. The van der Waals surface area contributed by atoms with E-state index in [0.29, 0.717) is 5.75 Å². The molecule has 1 saturated heterocycles. The summed E-state index contributed by atoms with van der Waals surface area (Å²) >= 11 is 0. The van der Waals surface area contributed by atoms with E-state index >= 15 is 0 Å². The Labute approximate surface area is 151 Å². The predicted molar refractivity (Wildman–Crippen MR) is 93.7 cm³/mol. The van der Waals surface area contributed by atoms with E-state index in [1.54, 1.807) is 58.0 Å². The minimum Gasteiger partial charge on any atom is -0.457 e. The van der Waals surface area contributed by atoms with Gasteiger partial charge in [0.05, 0.1) is 16.8 Å². The lowest BCUT2D eigenvalue weighted by molar-refractivity contribution is -0.137. The highest BCUT2D eigenvalue weighted by Crippen LogP contribution is 2.39. The lowest BCUT2D eigenvalue weighted by atomic mass is 9.75. The van der Waals surface area contributed by atoms with Crippen molar-refractivity contribution in [3.8, 4) is 11.5 Å². The SMILES string of the molecule is CC1(C)OB(c2ccc(Oc3ccccc3)cc2C(F)(F)F)OC1(C)C. The first-order chi connectivity index (χ1) is 12.0. The van der Waals surface area contributed by atoms with E-state index < -0.39 is 30.1 Å². The zero-order valence-corrected chi connectivity index (χ0v) is 15.1. The average molecular weight is 364 g/mol. The number of rotatable bonds is 3. The maximum absolute atomic E-state index is 13.6. The maximum atomic E-state index is 13.6. The highest BCUT2D eigenvalue weighted by atomic mass is 19.4. The van der Waals surface area contributed by atoms with Crippen LogP contribution in [-0.2, 0) is 15.5 Å². The average Bonchev–Trinajstić information content (AvgIpc) is 2.75. The summed E-state index contributed by atoms with van der Waals surface area (Å²) in [6, 6.07) is 12.5. The van der Waals surface area contributed by atoms with Crippen LogP contribution in [-0.4, -0.2) is 18.3 Å². The molecule has 26 heavy (non-hydrogen) atoms. The van der Waals surface area contributed by atoms with Gasteiger partial charge in [0.2, 0.25) is 0 Å². The second-order valence-corrected chi connectivity index (χ2v) is 7.25. The van der Waals surface area contributed by atoms with Gasteiger partial charge in [-0.2, -0.15) is 13.2 Å². The number of ether oxygens (including phenoxy) is 1. The van der Waals surface area contributed by atoms with E-state index in [0.717, 1.165) is 6.07 Å². The fraction of sp³-hybridized carbons (Fsp3) is 0.368. The van der Waals surface area contributed by atoms with Gasteiger partial charge in [-0.3, -0.25) is 0 Å². The minimum atomic E-state index is -4.56. The van der Waals surface area contributed by atoms with Crippen LogP contribution in [0.15, 0.2) is 48.5 Å². The van der Waals surface area contributed by atoms with Crippen LogP contribution in [0.3, 0.4) is 0 Å². The van der Waals surface area contributed by atoms with Gasteiger partial charge in [-0.05, 0) is 57.4 Å². The van der Waals surface area contributed by atoms with Gasteiger partial charge in [0.15, 0.2) is 0 Å². The Bertz CT molecular complexity index is 772. The third-order valence-corrected chi connectivity index (χ3v) is 4.82. The summed E-state index contributed by atoms with van der Waals surface area (Å²) in [4.78, 5) is 0. The summed E-state index contributed by atoms with van der Waals surface area (Å²) < 4.78 is 58.0. The van der Waals surface area contributed by atoms with E-state index in [4.69, 9.17) is 14.0 Å². The van der Waals surface area contributed by atoms with Crippen LogP contribution in [0, 0.1) is 0 Å². The van der Waals surface area contributed by atoms with Crippen LogP contribution in [0.2, 0.25) is 0 Å². The molecule has 0 aliphatic carbocycles. The Morgan fingerprint density at radius 2 is 1.42 bits per heavy atom. The number of alkyl halides is 3. The molecule has 1 heterocycles. The Morgan fingerprint density at radius 1 is 0.846 bits per heavy atom. The monoisotopic (exact) mass is 364 g/mol. The van der Waals surface area contributed by atoms with Crippen molar-refractivity contribution in [2.45, 2.75) is 45.1 Å². The Morgan fingerprint density at radius 3 is 1.96 bits per heavy atom. The van der Waals surface area contributed by atoms with E-state index in [1.807, 2.05) is 0 Å². The molecule has 0 aromatic heterocycles. The molecule has 2 aromatic rings. The lowest BCUT2D eigenvalue weighted by Crippen LogP contribution is -2.41. The molecule has 7 heteroatoms. The normalized spacial score (nSPS) is 18.8. The molecule has 3 rings (SSSR count). The van der Waals surface area contributed by atoms with E-state index in [-0.39, 0.29) is 11.2 Å². The summed E-state index contributed by atoms with van der Waals surface area (Å²) in [5.41, 5.74) is -2.33. The highest BCUT2D eigenvalue weighted by Gasteiger charge is 2.53. The highest BCUT2D eigenvalue weighted by molar-refractivity contribution is 6.62. The topological polar surface area (TPSA) is 27.7 Å². The van der Waals surface area contributed by atoms with Crippen molar-refractivity contribution in [3.05, 3.63) is 54.1 Å². The van der Waals surface area contributed by atoms with Crippen LogP contribution < -0.4 is 10.2 Å². The molecule has 0 unspecified atom stereocenters. The van der Waals surface area contributed by atoms with E-state index in [1.165, 1.54) is 12.1 Å². The van der Waals surface area contributed by atoms with Crippen LogP contribution >= 0.6 is 0 Å². The molecule has 0 radical (unpaired) electrons. The van der Waals surface area contributed by atoms with Gasteiger partial charge in [0.25, 0.3) is 0 Å². The third-order valence-electron chi connectivity index (χ3n) is 4.82. The van der Waals surface area contributed by atoms with Crippen molar-refractivity contribution in [2.24, 2.45) is 0 Å². The minimum absolute atomic E-state index is 0.0587. The summed E-state index contributed by atoms with van der Waals surface area (Å²) in [6.45, 7) is 7.20. The van der Waals surface area contributed by atoms with Crippen molar-refractivity contribution in [1.29, 1.82) is 0 Å². The van der Waals surface area contributed by atoms with Crippen LogP contribution in [0.4, 0.5) is 13.2 Å². The molecule has 0 saturated carbocycles. The number of benzene rings is 2. The van der Waals surface area contributed by atoms with Gasteiger partial charge in [-0.25, -0.2) is 0 Å². The second-order valence-electron chi connectivity index (χ2n) is 7.25. The first-order valence-corrected chi connectivity index (χ1v) is 8.29. The number of para-hydroxylation sites is 1. The van der Waals surface area contributed by atoms with Gasteiger partial charge in [0, 0.05) is 0 Å². The molecule has 0 atom stereocenters. The Kier molecular flexibility index (Phi) is 4.57. The summed E-state index contributed by atoms with van der Waals surface area (Å²) in [7, 11) is -1.09. The zero-order chi connectivity index (χ0) is 19.2. The molecule has 1 aliphatic rings. The molecule has 0 bridgehead atoms. The standard InChI is InChI=1S/C19H20BF3O3/c1-17(2)18(3,4)26-20(25-17)16-11-10-14(12-15(16)19(21,22)23)24-13-8-6-5-7-9-13/h5-12H,1-4H3. The number of halogens is 3. The summed E-state index contributed by atoms with van der Waals surface area (Å²) in [5.74, 6) is 0.563. The maximum Gasteiger partial charge on any atom is 0.495 e. The number of hydrogen-bond donors (Lipinski definition) is 0. The molecule has 0 N–H and O–H groups in total. The molecule has 0 spiro atoms. The Hall–Kier alpha value is -1.99. The fourth-order valence-electron chi connectivity index (χ4n) is 2.64. The van der Waals surface area contributed by atoms with Gasteiger partial charge in [-0.1, -0.05) is 24.3 Å². The van der Waals surface area contributed by atoms with Gasteiger partial charge in [-0.15, -0.1) is 0 Å². The van der Waals surface area contributed by atoms with Crippen molar-refractivity contribution >= 4 is 12.6 Å². The van der Waals surface area contributed by atoms with Crippen LogP contribution in [0.1, 0.15) is 33.3 Å². The van der Waals surface area contributed by atoms with Crippen LogP contribution in [0.25, 0.3) is 0 Å².